The highest BCUT2D eigenvalue weighted by Crippen LogP contribution is 2.43. The molecule has 4 rings (SSSR count). The van der Waals surface area contributed by atoms with E-state index < -0.39 is 5.97 Å². The van der Waals surface area contributed by atoms with Gasteiger partial charge in [0.25, 0.3) is 0 Å². The zero-order valence-electron chi connectivity index (χ0n) is 12.9. The molecule has 0 amide bonds. The van der Waals surface area contributed by atoms with Gasteiger partial charge >= 0.3 is 5.97 Å². The van der Waals surface area contributed by atoms with Crippen LogP contribution in [0.4, 0.5) is 0 Å². The van der Waals surface area contributed by atoms with Crippen LogP contribution in [0.1, 0.15) is 15.9 Å². The topological polar surface area (TPSA) is 92.5 Å². The van der Waals surface area contributed by atoms with Gasteiger partial charge in [0.2, 0.25) is 0 Å². The van der Waals surface area contributed by atoms with E-state index in [1.54, 1.807) is 29.5 Å². The van der Waals surface area contributed by atoms with Crippen LogP contribution in [-0.2, 0) is 11.5 Å². The fourth-order valence-electron chi connectivity index (χ4n) is 2.29. The van der Waals surface area contributed by atoms with Crippen LogP contribution >= 0.6 is 44.3 Å². The van der Waals surface area contributed by atoms with Gasteiger partial charge in [-0.2, -0.15) is 0 Å². The third-order valence-electron chi connectivity index (χ3n) is 3.46. The Morgan fingerprint density at radius 2 is 1.62 bits per heavy atom. The molecule has 132 valence electrons. The molecule has 0 fully saturated rings. The summed E-state index contributed by atoms with van der Waals surface area (Å²) in [4.78, 5) is 24.3. The first-order valence-corrected chi connectivity index (χ1v) is 11.0. The zero-order valence-corrected chi connectivity index (χ0v) is 16.2. The molecule has 4 aromatic rings. The highest BCUT2D eigenvalue weighted by atomic mass is 33.1. The van der Waals surface area contributed by atoms with Crippen molar-refractivity contribution in [1.29, 1.82) is 0 Å². The molecule has 0 unspecified atom stereocenters. The van der Waals surface area contributed by atoms with E-state index in [9.17, 15) is 4.79 Å². The Bertz CT molecular complexity index is 1110. The van der Waals surface area contributed by atoms with Gasteiger partial charge in [-0.05, 0) is 57.5 Å². The number of aromatic carboxylic acids is 1. The maximum Gasteiger partial charge on any atom is 0.335 e. The Morgan fingerprint density at radius 1 is 1.00 bits per heavy atom. The molecule has 0 aliphatic heterocycles. The summed E-state index contributed by atoms with van der Waals surface area (Å²) in [5, 5.41) is 17.6. The second-order valence-electron chi connectivity index (χ2n) is 5.19. The van der Waals surface area contributed by atoms with E-state index >= 15 is 0 Å². The number of rotatable bonds is 6. The smallest absolute Gasteiger partial charge is 0.335 e. The molecule has 10 heteroatoms. The van der Waals surface area contributed by atoms with Crippen molar-refractivity contribution >= 4 is 70.7 Å². The molecule has 0 aliphatic carbocycles. The quantitative estimate of drug-likeness (QED) is 0.243. The molecule has 0 radical (unpaired) electrons. The molecule has 6 nitrogen and oxygen atoms in total. The second-order valence-corrected chi connectivity index (χ2v) is 9.87. The SMILES string of the molecule is O=C(O)c1ccc2nc(SSc3nc4ccc(COO)cc4s3)sc2c1. The highest BCUT2D eigenvalue weighted by molar-refractivity contribution is 8.77. The van der Waals surface area contributed by atoms with Crippen LogP contribution in [0.3, 0.4) is 0 Å². The Kier molecular flexibility index (Phi) is 5.11. The average molecular weight is 423 g/mol. The van der Waals surface area contributed by atoms with Crippen molar-refractivity contribution < 1.29 is 20.0 Å². The number of nitrogens with zero attached hydrogens (tertiary/aromatic N) is 2. The van der Waals surface area contributed by atoms with E-state index in [-0.39, 0.29) is 12.2 Å². The summed E-state index contributed by atoms with van der Waals surface area (Å²) in [5.74, 6) is -0.940. The van der Waals surface area contributed by atoms with Crippen LogP contribution in [0.25, 0.3) is 20.4 Å². The van der Waals surface area contributed by atoms with Gasteiger partial charge in [0.05, 0.1) is 26.0 Å². The molecule has 0 aliphatic rings. The van der Waals surface area contributed by atoms with Gasteiger partial charge in [0.15, 0.2) is 8.68 Å². The summed E-state index contributed by atoms with van der Waals surface area (Å²) >= 11 is 3.03. The second kappa shape index (κ2) is 7.51. The molecule has 2 aromatic carbocycles. The van der Waals surface area contributed by atoms with Crippen molar-refractivity contribution in [1.82, 2.24) is 9.97 Å². The Morgan fingerprint density at radius 3 is 2.23 bits per heavy atom. The molecule has 0 saturated heterocycles. The molecule has 2 N–H and O–H groups in total. The van der Waals surface area contributed by atoms with E-state index in [1.807, 2.05) is 18.2 Å². The Hall–Kier alpha value is -1.69. The van der Waals surface area contributed by atoms with Crippen molar-refractivity contribution in [3.05, 3.63) is 47.5 Å². The summed E-state index contributed by atoms with van der Waals surface area (Å²) in [6.45, 7) is 0.148. The lowest BCUT2D eigenvalue weighted by Gasteiger charge is -1.95. The predicted octanol–water partition coefficient (Wildman–Crippen LogP) is 5.39. The van der Waals surface area contributed by atoms with Crippen LogP contribution < -0.4 is 0 Å². The molecule has 0 bridgehead atoms. The maximum atomic E-state index is 11.1. The van der Waals surface area contributed by atoms with Crippen LogP contribution in [0.15, 0.2) is 45.1 Å². The minimum absolute atomic E-state index is 0.148. The van der Waals surface area contributed by atoms with Crippen molar-refractivity contribution in [2.24, 2.45) is 0 Å². The van der Waals surface area contributed by atoms with E-state index in [0.29, 0.717) is 0 Å². The standard InChI is InChI=1S/C16H10N2O4S4/c19-14(20)9-2-4-11-13(6-9)24-16(18-11)26-25-15-17-10-3-1-8(7-22-21)5-12(10)23-15/h1-6,21H,7H2,(H,19,20). The number of thiazole rings is 2. The summed E-state index contributed by atoms with van der Waals surface area (Å²) in [5.41, 5.74) is 2.84. The van der Waals surface area contributed by atoms with Crippen molar-refractivity contribution in [3.63, 3.8) is 0 Å². The summed E-state index contributed by atoms with van der Waals surface area (Å²) < 4.78 is 3.63. The zero-order chi connectivity index (χ0) is 18.1. The first-order valence-electron chi connectivity index (χ1n) is 7.26. The van der Waals surface area contributed by atoms with Gasteiger partial charge in [-0.1, -0.05) is 6.07 Å². The van der Waals surface area contributed by atoms with Crippen LogP contribution in [-0.4, -0.2) is 26.3 Å². The molecule has 2 heterocycles. The molecule has 2 aromatic heterocycles. The molecule has 0 spiro atoms. The predicted molar refractivity (Wildman–Crippen MR) is 105 cm³/mol. The number of carboxylic acids is 1. The average Bonchev–Trinajstić information content (AvgIpc) is 3.22. The van der Waals surface area contributed by atoms with Gasteiger partial charge in [-0.3, -0.25) is 5.26 Å². The fraction of sp³-hybridized carbons (Fsp3) is 0.0625. The number of carboxylic acid groups (broad SMARTS) is 1. The first-order chi connectivity index (χ1) is 12.6. The highest BCUT2D eigenvalue weighted by Gasteiger charge is 2.11. The lowest BCUT2D eigenvalue weighted by Crippen LogP contribution is -1.94. The van der Waals surface area contributed by atoms with Gasteiger partial charge in [-0.25, -0.2) is 19.7 Å². The third kappa shape index (κ3) is 3.70. The number of benzene rings is 2. The Balaban J connectivity index is 1.52. The normalized spacial score (nSPS) is 11.4. The van der Waals surface area contributed by atoms with Gasteiger partial charge < -0.3 is 5.11 Å². The third-order valence-corrected chi connectivity index (χ3v) is 8.47. The number of hydrogen-bond acceptors (Lipinski definition) is 9. The summed E-state index contributed by atoms with van der Waals surface area (Å²) in [6, 6.07) is 10.7. The fourth-order valence-corrected chi connectivity index (χ4v) is 6.89. The maximum absolute atomic E-state index is 11.1. The molecular weight excluding hydrogens is 412 g/mol. The van der Waals surface area contributed by atoms with Gasteiger partial charge in [0.1, 0.15) is 6.61 Å². The lowest BCUT2D eigenvalue weighted by atomic mass is 10.2. The van der Waals surface area contributed by atoms with Gasteiger partial charge in [0, 0.05) is 0 Å². The summed E-state index contributed by atoms with van der Waals surface area (Å²) in [6.07, 6.45) is 0. The van der Waals surface area contributed by atoms with Crippen molar-refractivity contribution in [3.8, 4) is 0 Å². The lowest BCUT2D eigenvalue weighted by molar-refractivity contribution is -0.252. The molecule has 0 saturated carbocycles. The van der Waals surface area contributed by atoms with E-state index in [2.05, 4.69) is 14.9 Å². The minimum Gasteiger partial charge on any atom is -0.478 e. The van der Waals surface area contributed by atoms with Crippen LogP contribution in [0.2, 0.25) is 0 Å². The first kappa shape index (κ1) is 17.7. The Labute approximate surface area is 163 Å². The molecule has 26 heavy (non-hydrogen) atoms. The molecular formula is C16H10N2O4S4. The number of aromatic nitrogens is 2. The number of fused-ring (bicyclic) bond motifs is 2. The van der Waals surface area contributed by atoms with Crippen LogP contribution in [0.5, 0.6) is 0 Å². The van der Waals surface area contributed by atoms with E-state index in [4.69, 9.17) is 10.4 Å². The number of carbonyl (C=O) groups is 1. The van der Waals surface area contributed by atoms with E-state index in [0.717, 1.165) is 34.7 Å². The van der Waals surface area contributed by atoms with Gasteiger partial charge in [-0.15, -0.1) is 22.7 Å². The number of hydrogen-bond donors (Lipinski definition) is 2. The largest absolute Gasteiger partial charge is 0.478 e. The monoisotopic (exact) mass is 422 g/mol. The summed E-state index contributed by atoms with van der Waals surface area (Å²) in [7, 11) is 3.02. The van der Waals surface area contributed by atoms with Crippen molar-refractivity contribution in [2.75, 3.05) is 0 Å². The molecule has 0 atom stereocenters. The van der Waals surface area contributed by atoms with Crippen molar-refractivity contribution in [2.45, 2.75) is 15.3 Å². The van der Waals surface area contributed by atoms with E-state index in [1.165, 1.54) is 32.9 Å². The minimum atomic E-state index is -0.940. The van der Waals surface area contributed by atoms with Crippen LogP contribution in [0, 0.1) is 0 Å².